The van der Waals surface area contributed by atoms with E-state index in [2.05, 4.69) is 59.7 Å². The third kappa shape index (κ3) is 2.96. The zero-order valence-electron chi connectivity index (χ0n) is 9.69. The molecular formula is C14H18N2. The van der Waals surface area contributed by atoms with Crippen molar-refractivity contribution >= 4 is 5.84 Å². The molecule has 1 N–H and O–H groups in total. The fourth-order valence-corrected chi connectivity index (χ4v) is 1.92. The highest BCUT2D eigenvalue weighted by molar-refractivity contribution is 5.85. The SMILES string of the molecule is C[C@H](Cc1ccccc1)C1=NCC=CCN1. The van der Waals surface area contributed by atoms with E-state index in [0.717, 1.165) is 25.3 Å². The minimum atomic E-state index is 0.460. The molecule has 0 unspecified atom stereocenters. The first-order chi connectivity index (χ1) is 7.86. The summed E-state index contributed by atoms with van der Waals surface area (Å²) in [6.07, 6.45) is 5.29. The summed E-state index contributed by atoms with van der Waals surface area (Å²) in [5, 5.41) is 3.36. The van der Waals surface area contributed by atoms with Crippen molar-refractivity contribution in [3.63, 3.8) is 0 Å². The molecule has 0 aromatic heterocycles. The largest absolute Gasteiger partial charge is 0.370 e. The van der Waals surface area contributed by atoms with Gasteiger partial charge >= 0.3 is 0 Å². The molecule has 0 radical (unpaired) electrons. The van der Waals surface area contributed by atoms with Crippen molar-refractivity contribution < 1.29 is 0 Å². The predicted molar refractivity (Wildman–Crippen MR) is 68.8 cm³/mol. The lowest BCUT2D eigenvalue weighted by atomic mass is 10.00. The quantitative estimate of drug-likeness (QED) is 0.768. The van der Waals surface area contributed by atoms with E-state index in [1.165, 1.54) is 5.56 Å². The second kappa shape index (κ2) is 5.50. The van der Waals surface area contributed by atoms with Gasteiger partial charge in [-0.3, -0.25) is 4.99 Å². The number of hydrogen-bond donors (Lipinski definition) is 1. The number of aliphatic imine (C=N–C) groups is 1. The Morgan fingerprint density at radius 2 is 2.06 bits per heavy atom. The van der Waals surface area contributed by atoms with Crippen LogP contribution in [0.25, 0.3) is 0 Å². The van der Waals surface area contributed by atoms with Crippen LogP contribution in [-0.4, -0.2) is 18.9 Å². The molecule has 0 bridgehead atoms. The van der Waals surface area contributed by atoms with Crippen LogP contribution < -0.4 is 5.32 Å². The number of nitrogens with one attached hydrogen (secondary N) is 1. The van der Waals surface area contributed by atoms with E-state index in [9.17, 15) is 0 Å². The molecule has 0 fully saturated rings. The molecule has 84 valence electrons. The van der Waals surface area contributed by atoms with Crippen molar-refractivity contribution in [1.82, 2.24) is 5.32 Å². The van der Waals surface area contributed by atoms with Gasteiger partial charge in [0.05, 0.1) is 6.54 Å². The van der Waals surface area contributed by atoms with Crippen LogP contribution in [0.3, 0.4) is 0 Å². The Bertz CT molecular complexity index is 379. The zero-order chi connectivity index (χ0) is 11.2. The van der Waals surface area contributed by atoms with Gasteiger partial charge in [0.25, 0.3) is 0 Å². The maximum absolute atomic E-state index is 4.54. The minimum Gasteiger partial charge on any atom is -0.370 e. The summed E-state index contributed by atoms with van der Waals surface area (Å²) in [5.74, 6) is 1.59. The van der Waals surface area contributed by atoms with Crippen LogP contribution in [0.4, 0.5) is 0 Å². The molecule has 2 rings (SSSR count). The molecule has 1 aromatic carbocycles. The molecule has 0 aliphatic carbocycles. The Balaban J connectivity index is 1.98. The third-order valence-electron chi connectivity index (χ3n) is 2.79. The van der Waals surface area contributed by atoms with Gasteiger partial charge in [0.15, 0.2) is 0 Å². The molecule has 0 saturated carbocycles. The summed E-state index contributed by atoms with van der Waals surface area (Å²) in [6.45, 7) is 3.93. The first kappa shape index (κ1) is 10.9. The van der Waals surface area contributed by atoms with Crippen molar-refractivity contribution in [2.45, 2.75) is 13.3 Å². The highest BCUT2D eigenvalue weighted by Crippen LogP contribution is 2.09. The van der Waals surface area contributed by atoms with Crippen molar-refractivity contribution in [2.24, 2.45) is 10.9 Å². The number of benzene rings is 1. The molecule has 2 nitrogen and oxygen atoms in total. The molecule has 0 saturated heterocycles. The summed E-state index contributed by atoms with van der Waals surface area (Å²) >= 11 is 0. The molecule has 2 heteroatoms. The van der Waals surface area contributed by atoms with Crippen molar-refractivity contribution in [3.8, 4) is 0 Å². The Labute approximate surface area is 97.1 Å². The monoisotopic (exact) mass is 214 g/mol. The summed E-state index contributed by atoms with van der Waals surface area (Å²) in [5.41, 5.74) is 1.37. The van der Waals surface area contributed by atoms with Gasteiger partial charge in [-0.2, -0.15) is 0 Å². The molecule has 1 aliphatic rings. The van der Waals surface area contributed by atoms with E-state index in [-0.39, 0.29) is 0 Å². The fourth-order valence-electron chi connectivity index (χ4n) is 1.92. The van der Waals surface area contributed by atoms with Crippen LogP contribution in [0.5, 0.6) is 0 Å². The van der Waals surface area contributed by atoms with Crippen LogP contribution in [0.2, 0.25) is 0 Å². The van der Waals surface area contributed by atoms with Gasteiger partial charge in [0, 0.05) is 12.5 Å². The number of nitrogens with zero attached hydrogens (tertiary/aromatic N) is 1. The molecule has 16 heavy (non-hydrogen) atoms. The lowest BCUT2D eigenvalue weighted by molar-refractivity contribution is 0.730. The number of amidine groups is 1. The van der Waals surface area contributed by atoms with Gasteiger partial charge in [0.1, 0.15) is 5.84 Å². The van der Waals surface area contributed by atoms with Crippen LogP contribution in [0.1, 0.15) is 12.5 Å². The average molecular weight is 214 g/mol. The number of rotatable bonds is 3. The fraction of sp³-hybridized carbons (Fsp3) is 0.357. The van der Waals surface area contributed by atoms with Gasteiger partial charge in [-0.1, -0.05) is 49.4 Å². The standard InChI is InChI=1S/C14H18N2/c1-12(11-13-7-3-2-4-8-13)14-15-9-5-6-10-16-14/h2-8,12H,9-11H2,1H3,(H,15,16)/t12-/m1/s1. The third-order valence-corrected chi connectivity index (χ3v) is 2.79. The van der Waals surface area contributed by atoms with E-state index in [1.54, 1.807) is 0 Å². The predicted octanol–water partition coefficient (Wildman–Crippen LogP) is 2.42. The molecule has 1 heterocycles. The smallest absolute Gasteiger partial charge is 0.100 e. The van der Waals surface area contributed by atoms with Gasteiger partial charge in [-0.15, -0.1) is 0 Å². The van der Waals surface area contributed by atoms with Gasteiger partial charge in [0.2, 0.25) is 0 Å². The summed E-state index contributed by atoms with van der Waals surface area (Å²) < 4.78 is 0. The highest BCUT2D eigenvalue weighted by Gasteiger charge is 2.11. The topological polar surface area (TPSA) is 24.4 Å². The minimum absolute atomic E-state index is 0.460. The average Bonchev–Trinajstić information content (AvgIpc) is 2.59. The van der Waals surface area contributed by atoms with Crippen LogP contribution >= 0.6 is 0 Å². The van der Waals surface area contributed by atoms with E-state index in [1.807, 2.05) is 0 Å². The number of hydrogen-bond acceptors (Lipinski definition) is 2. The van der Waals surface area contributed by atoms with Gasteiger partial charge in [-0.25, -0.2) is 0 Å². The second-order valence-corrected chi connectivity index (χ2v) is 4.17. The van der Waals surface area contributed by atoms with E-state index >= 15 is 0 Å². The van der Waals surface area contributed by atoms with E-state index in [0.29, 0.717) is 5.92 Å². The summed E-state index contributed by atoms with van der Waals surface area (Å²) in [4.78, 5) is 4.54. The molecule has 0 amide bonds. The summed E-state index contributed by atoms with van der Waals surface area (Å²) in [6, 6.07) is 10.6. The normalized spacial score (nSPS) is 17.2. The van der Waals surface area contributed by atoms with Gasteiger partial charge in [-0.05, 0) is 12.0 Å². The molecular weight excluding hydrogens is 196 g/mol. The van der Waals surface area contributed by atoms with Crippen molar-refractivity contribution in [2.75, 3.05) is 13.1 Å². The lowest BCUT2D eigenvalue weighted by Crippen LogP contribution is -2.30. The van der Waals surface area contributed by atoms with Crippen molar-refractivity contribution in [3.05, 3.63) is 48.0 Å². The van der Waals surface area contributed by atoms with Crippen LogP contribution in [-0.2, 0) is 6.42 Å². The summed E-state index contributed by atoms with van der Waals surface area (Å²) in [7, 11) is 0. The molecule has 0 spiro atoms. The molecule has 1 aliphatic heterocycles. The first-order valence-corrected chi connectivity index (χ1v) is 5.83. The lowest BCUT2D eigenvalue weighted by Gasteiger charge is -2.15. The van der Waals surface area contributed by atoms with Crippen LogP contribution in [0, 0.1) is 5.92 Å². The Kier molecular flexibility index (Phi) is 3.76. The zero-order valence-corrected chi connectivity index (χ0v) is 9.69. The van der Waals surface area contributed by atoms with Gasteiger partial charge < -0.3 is 5.32 Å². The molecule has 1 atom stereocenters. The first-order valence-electron chi connectivity index (χ1n) is 5.83. The second-order valence-electron chi connectivity index (χ2n) is 4.17. The van der Waals surface area contributed by atoms with E-state index < -0.39 is 0 Å². The maximum atomic E-state index is 4.54. The maximum Gasteiger partial charge on any atom is 0.100 e. The van der Waals surface area contributed by atoms with Crippen LogP contribution in [0.15, 0.2) is 47.5 Å². The van der Waals surface area contributed by atoms with E-state index in [4.69, 9.17) is 0 Å². The van der Waals surface area contributed by atoms with Crippen molar-refractivity contribution in [1.29, 1.82) is 0 Å². The highest BCUT2D eigenvalue weighted by atomic mass is 15.0. The Hall–Kier alpha value is -1.57. The Morgan fingerprint density at radius 3 is 2.88 bits per heavy atom. The Morgan fingerprint density at radius 1 is 1.25 bits per heavy atom. The molecule has 1 aromatic rings.